The van der Waals surface area contributed by atoms with Crippen molar-refractivity contribution in [3.05, 3.63) is 23.3 Å². The van der Waals surface area contributed by atoms with Gasteiger partial charge < -0.3 is 24.1 Å². The van der Waals surface area contributed by atoms with Crippen LogP contribution in [-0.4, -0.2) is 65.4 Å². The zero-order valence-electron chi connectivity index (χ0n) is 22.2. The van der Waals surface area contributed by atoms with Gasteiger partial charge in [0.05, 0.1) is 5.60 Å². The standard InChI is InChI=1S/C27H36O9/c1-13-9-20-25(33-8,22(13)31)11-18(12-34-15(3)28)10-19-21-24(6,7)27(21,36-17(5)30)23(35-16(4)29)14(2)26(19,20)32/h9-10,14,19-21,23,32H,11-12H2,1-8H3/t14-,19+,20-,21-,23-,25-,26-,27-/m1/s1. The molecule has 2 saturated carbocycles. The summed E-state index contributed by atoms with van der Waals surface area (Å²) in [6.07, 6.45) is 2.77. The maximum Gasteiger partial charge on any atom is 0.303 e. The fourth-order valence-corrected chi connectivity index (χ4v) is 7.69. The van der Waals surface area contributed by atoms with Crippen LogP contribution in [0.2, 0.25) is 0 Å². The number of methoxy groups -OCH3 is 1. The highest BCUT2D eigenvalue weighted by Gasteiger charge is 2.87. The second-order valence-electron chi connectivity index (χ2n) is 11.3. The second-order valence-corrected chi connectivity index (χ2v) is 11.3. The van der Waals surface area contributed by atoms with E-state index in [1.165, 1.54) is 27.9 Å². The lowest BCUT2D eigenvalue weighted by Gasteiger charge is -2.53. The summed E-state index contributed by atoms with van der Waals surface area (Å²) in [7, 11) is 1.44. The fraction of sp³-hybridized carbons (Fsp3) is 0.704. The Hall–Kier alpha value is -2.52. The average Bonchev–Trinajstić information content (AvgIpc) is 3.18. The number of esters is 3. The van der Waals surface area contributed by atoms with Crippen LogP contribution in [0.15, 0.2) is 23.3 Å². The molecule has 0 heterocycles. The monoisotopic (exact) mass is 504 g/mol. The zero-order valence-corrected chi connectivity index (χ0v) is 22.2. The van der Waals surface area contributed by atoms with Crippen LogP contribution in [0, 0.1) is 29.1 Å². The molecule has 4 aliphatic carbocycles. The van der Waals surface area contributed by atoms with Gasteiger partial charge in [0, 0.05) is 63.4 Å². The molecule has 0 amide bonds. The Morgan fingerprint density at radius 3 is 2.25 bits per heavy atom. The number of hydrogen-bond donors (Lipinski definition) is 1. The van der Waals surface area contributed by atoms with E-state index in [-0.39, 0.29) is 18.8 Å². The van der Waals surface area contributed by atoms with Crippen LogP contribution in [-0.2, 0) is 38.1 Å². The summed E-state index contributed by atoms with van der Waals surface area (Å²) in [5, 5.41) is 12.7. The Balaban J connectivity index is 1.97. The largest absolute Gasteiger partial charge is 0.461 e. The topological polar surface area (TPSA) is 125 Å². The molecule has 2 fully saturated rings. The maximum atomic E-state index is 13.5. The van der Waals surface area contributed by atoms with Crippen LogP contribution in [0.5, 0.6) is 0 Å². The Morgan fingerprint density at radius 1 is 1.08 bits per heavy atom. The molecular weight excluding hydrogens is 468 g/mol. The molecule has 0 radical (unpaired) electrons. The Kier molecular flexibility index (Phi) is 6.08. The molecule has 0 bridgehead atoms. The summed E-state index contributed by atoms with van der Waals surface area (Å²) < 4.78 is 23.0. The molecule has 0 aromatic heterocycles. The fourth-order valence-electron chi connectivity index (χ4n) is 7.69. The third-order valence-electron chi connectivity index (χ3n) is 9.16. The number of rotatable bonds is 5. The number of carbonyl (C=O) groups excluding carboxylic acids is 4. The SMILES string of the molecule is CO[C@]12CC(COC(C)=O)=C[C@H]3[C@@H]4C(C)(C)[C@]4(OC(C)=O)[C@H](OC(C)=O)[C@@H](C)[C@]3(O)[C@@H]1C=C(C)C2=O. The van der Waals surface area contributed by atoms with E-state index in [9.17, 15) is 24.3 Å². The van der Waals surface area contributed by atoms with E-state index in [4.69, 9.17) is 18.9 Å². The van der Waals surface area contributed by atoms with Gasteiger partial charge in [-0.05, 0) is 18.1 Å². The van der Waals surface area contributed by atoms with E-state index in [0.717, 1.165) is 0 Å². The van der Waals surface area contributed by atoms with Gasteiger partial charge in [0.1, 0.15) is 18.3 Å². The van der Waals surface area contributed by atoms with Gasteiger partial charge in [-0.25, -0.2) is 0 Å². The molecule has 1 N–H and O–H groups in total. The predicted molar refractivity (Wildman–Crippen MR) is 126 cm³/mol. The molecular formula is C27H36O9. The molecule has 9 nitrogen and oxygen atoms in total. The zero-order chi connectivity index (χ0) is 27.0. The molecule has 0 spiro atoms. The Bertz CT molecular complexity index is 1090. The Morgan fingerprint density at radius 2 is 1.72 bits per heavy atom. The lowest BCUT2D eigenvalue weighted by atomic mass is 9.59. The van der Waals surface area contributed by atoms with Gasteiger partial charge in [0.2, 0.25) is 0 Å². The quantitative estimate of drug-likeness (QED) is 0.341. The van der Waals surface area contributed by atoms with Gasteiger partial charge in [0.25, 0.3) is 0 Å². The summed E-state index contributed by atoms with van der Waals surface area (Å²) in [6.45, 7) is 11.1. The molecule has 4 rings (SSSR count). The summed E-state index contributed by atoms with van der Waals surface area (Å²) in [4.78, 5) is 49.8. The first kappa shape index (κ1) is 26.5. The number of Topliss-reactive ketones (excluding diaryl/α,β-unsaturated/α-hetero) is 1. The van der Waals surface area contributed by atoms with Gasteiger partial charge in [0.15, 0.2) is 11.4 Å². The smallest absolute Gasteiger partial charge is 0.303 e. The third kappa shape index (κ3) is 3.28. The van der Waals surface area contributed by atoms with E-state index < -0.39 is 69.9 Å². The van der Waals surface area contributed by atoms with Gasteiger partial charge in [-0.1, -0.05) is 32.9 Å². The first-order chi connectivity index (χ1) is 16.6. The highest BCUT2D eigenvalue weighted by molar-refractivity contribution is 6.05. The second kappa shape index (κ2) is 8.25. The molecule has 36 heavy (non-hydrogen) atoms. The van der Waals surface area contributed by atoms with E-state index >= 15 is 0 Å². The molecule has 4 aliphatic rings. The number of ether oxygens (including phenoxy) is 4. The third-order valence-corrected chi connectivity index (χ3v) is 9.16. The van der Waals surface area contributed by atoms with E-state index in [2.05, 4.69) is 0 Å². The van der Waals surface area contributed by atoms with Crippen molar-refractivity contribution in [2.24, 2.45) is 29.1 Å². The van der Waals surface area contributed by atoms with Crippen LogP contribution >= 0.6 is 0 Å². The molecule has 0 aliphatic heterocycles. The lowest BCUT2D eigenvalue weighted by Crippen LogP contribution is -2.66. The van der Waals surface area contributed by atoms with Crippen molar-refractivity contribution in [3.63, 3.8) is 0 Å². The van der Waals surface area contributed by atoms with E-state index in [1.807, 2.05) is 19.9 Å². The highest BCUT2D eigenvalue weighted by Crippen LogP contribution is 2.77. The number of fused-ring (bicyclic) bond motifs is 5. The molecule has 8 atom stereocenters. The van der Waals surface area contributed by atoms with Crippen LogP contribution in [0.1, 0.15) is 54.9 Å². The molecule has 198 valence electrons. The minimum absolute atomic E-state index is 0.0679. The molecule has 0 saturated heterocycles. The van der Waals surface area contributed by atoms with Crippen LogP contribution in [0.4, 0.5) is 0 Å². The summed E-state index contributed by atoms with van der Waals surface area (Å²) >= 11 is 0. The van der Waals surface area contributed by atoms with Crippen molar-refractivity contribution in [2.75, 3.05) is 13.7 Å². The lowest BCUT2D eigenvalue weighted by molar-refractivity contribution is -0.229. The van der Waals surface area contributed by atoms with Gasteiger partial charge in [-0.2, -0.15) is 0 Å². The first-order valence-corrected chi connectivity index (χ1v) is 12.3. The molecule has 0 unspecified atom stereocenters. The van der Waals surface area contributed by atoms with Crippen molar-refractivity contribution in [2.45, 2.75) is 77.8 Å². The predicted octanol–water partition coefficient (Wildman–Crippen LogP) is 2.30. The number of carbonyl (C=O) groups is 4. The number of ketones is 1. The van der Waals surface area contributed by atoms with Crippen molar-refractivity contribution in [3.8, 4) is 0 Å². The number of aliphatic hydroxyl groups is 1. The Labute approximate surface area is 211 Å². The minimum atomic E-state index is -1.61. The van der Waals surface area contributed by atoms with Crippen molar-refractivity contribution < 1.29 is 43.2 Å². The van der Waals surface area contributed by atoms with Gasteiger partial charge >= 0.3 is 17.9 Å². The van der Waals surface area contributed by atoms with E-state index in [1.54, 1.807) is 19.9 Å². The van der Waals surface area contributed by atoms with E-state index in [0.29, 0.717) is 11.1 Å². The molecule has 0 aromatic rings. The van der Waals surface area contributed by atoms with Crippen molar-refractivity contribution >= 4 is 23.7 Å². The van der Waals surface area contributed by atoms with Gasteiger partial charge in [-0.15, -0.1) is 0 Å². The molecule has 0 aromatic carbocycles. The van der Waals surface area contributed by atoms with Crippen LogP contribution in [0.3, 0.4) is 0 Å². The maximum absolute atomic E-state index is 13.5. The number of hydrogen-bond acceptors (Lipinski definition) is 9. The van der Waals surface area contributed by atoms with Crippen LogP contribution < -0.4 is 0 Å². The van der Waals surface area contributed by atoms with Crippen LogP contribution in [0.25, 0.3) is 0 Å². The highest BCUT2D eigenvalue weighted by atomic mass is 16.6. The summed E-state index contributed by atoms with van der Waals surface area (Å²) in [5.74, 6) is -4.38. The normalized spacial score (nSPS) is 42.0. The minimum Gasteiger partial charge on any atom is -0.461 e. The summed E-state index contributed by atoms with van der Waals surface area (Å²) in [5.41, 5.74) is -3.78. The van der Waals surface area contributed by atoms with Gasteiger partial charge in [-0.3, -0.25) is 19.2 Å². The average molecular weight is 505 g/mol. The van der Waals surface area contributed by atoms with Crippen molar-refractivity contribution in [1.82, 2.24) is 0 Å². The molecule has 9 heteroatoms. The first-order valence-electron chi connectivity index (χ1n) is 12.3. The van der Waals surface area contributed by atoms with Crippen molar-refractivity contribution in [1.29, 1.82) is 0 Å². The summed E-state index contributed by atoms with van der Waals surface area (Å²) in [6, 6.07) is 0.